The van der Waals surface area contributed by atoms with Gasteiger partial charge in [-0.1, -0.05) is 111 Å². The first-order valence-corrected chi connectivity index (χ1v) is 21.7. The topological polar surface area (TPSA) is 30.1 Å². The number of rotatable bonds is 3. The number of hydrogen-bond donors (Lipinski definition) is 1. The minimum Gasteiger partial charge on any atom is -0.456 e. The molecule has 58 heavy (non-hydrogen) atoms. The van der Waals surface area contributed by atoms with E-state index in [-0.39, 0.29) is 5.41 Å². The number of nitrogens with one attached hydrogen (secondary N) is 1. The van der Waals surface area contributed by atoms with E-state index in [9.17, 15) is 0 Å². The van der Waals surface area contributed by atoms with Crippen LogP contribution >= 0.6 is 22.7 Å². The number of anilines is 2. The average molecular weight is 779 g/mol. The molecule has 274 valence electrons. The molecule has 0 saturated carbocycles. The van der Waals surface area contributed by atoms with Crippen molar-refractivity contribution in [3.8, 4) is 16.8 Å². The van der Waals surface area contributed by atoms with Gasteiger partial charge in [0.05, 0.1) is 5.52 Å². The summed E-state index contributed by atoms with van der Waals surface area (Å²) in [6, 6.07) is 54.3. The molecule has 12 aromatic rings. The summed E-state index contributed by atoms with van der Waals surface area (Å²) in [5.74, 6) is 0. The molecular weight excluding hydrogens is 744 g/mol. The van der Waals surface area contributed by atoms with Gasteiger partial charge < -0.3 is 14.3 Å². The molecule has 0 saturated heterocycles. The molecule has 0 bridgehead atoms. The van der Waals surface area contributed by atoms with Crippen LogP contribution in [0.4, 0.5) is 11.4 Å². The van der Waals surface area contributed by atoms with Gasteiger partial charge in [0.15, 0.2) is 7.28 Å². The summed E-state index contributed by atoms with van der Waals surface area (Å²) in [4.78, 5) is 0. The largest absolute Gasteiger partial charge is 0.456 e. The van der Waals surface area contributed by atoms with Crippen molar-refractivity contribution >= 4 is 136 Å². The van der Waals surface area contributed by atoms with Gasteiger partial charge in [-0.15, -0.1) is 22.7 Å². The molecule has 0 aliphatic carbocycles. The summed E-state index contributed by atoms with van der Waals surface area (Å²) in [6.07, 6.45) is 0. The second kappa shape index (κ2) is 11.6. The second-order valence-corrected chi connectivity index (χ2v) is 19.2. The Morgan fingerprint density at radius 1 is 0.534 bits per heavy atom. The lowest BCUT2D eigenvalue weighted by Crippen LogP contribution is -2.37. The maximum atomic E-state index is 6.50. The molecule has 0 amide bonds. The van der Waals surface area contributed by atoms with E-state index in [2.05, 4.69) is 176 Å². The van der Waals surface area contributed by atoms with Crippen molar-refractivity contribution in [3.05, 3.63) is 151 Å². The molecule has 4 aromatic heterocycles. The van der Waals surface area contributed by atoms with Crippen LogP contribution in [0.25, 0.3) is 101 Å². The van der Waals surface area contributed by atoms with E-state index in [4.69, 9.17) is 4.42 Å². The van der Waals surface area contributed by atoms with Crippen molar-refractivity contribution in [2.24, 2.45) is 0 Å². The van der Waals surface area contributed by atoms with E-state index in [1.807, 2.05) is 22.7 Å². The van der Waals surface area contributed by atoms with Crippen LogP contribution in [0.15, 0.2) is 150 Å². The molecule has 0 radical (unpaired) electrons. The van der Waals surface area contributed by atoms with Crippen molar-refractivity contribution in [2.45, 2.75) is 26.2 Å². The molecule has 13 rings (SSSR count). The van der Waals surface area contributed by atoms with Crippen molar-refractivity contribution in [1.82, 2.24) is 4.57 Å². The molecule has 0 unspecified atom stereocenters. The maximum absolute atomic E-state index is 6.50. The van der Waals surface area contributed by atoms with Gasteiger partial charge in [-0.25, -0.2) is 0 Å². The molecule has 1 aliphatic heterocycles. The van der Waals surface area contributed by atoms with Gasteiger partial charge in [0.1, 0.15) is 11.2 Å². The molecule has 0 atom stereocenters. The Labute approximate surface area is 343 Å². The van der Waals surface area contributed by atoms with E-state index < -0.39 is 0 Å². The van der Waals surface area contributed by atoms with Gasteiger partial charge in [-0.2, -0.15) is 0 Å². The monoisotopic (exact) mass is 778 g/mol. The zero-order valence-electron chi connectivity index (χ0n) is 32.2. The zero-order chi connectivity index (χ0) is 38.4. The quantitative estimate of drug-likeness (QED) is 0.181. The van der Waals surface area contributed by atoms with Crippen LogP contribution in [0.1, 0.15) is 26.3 Å². The third-order valence-corrected chi connectivity index (χ3v) is 14.8. The molecule has 1 N–H and O–H groups in total. The lowest BCUT2D eigenvalue weighted by atomic mass is 9.59. The molecular formula is C52H35BN2OS2. The molecule has 1 aliphatic rings. The Balaban J connectivity index is 1.12. The third-order valence-electron chi connectivity index (χ3n) is 12.6. The smallest absolute Gasteiger partial charge is 0.198 e. The highest BCUT2D eigenvalue weighted by atomic mass is 32.1. The van der Waals surface area contributed by atoms with Crippen LogP contribution in [0.2, 0.25) is 0 Å². The SMILES string of the molecule is CC(C)(C)c1ccc(Nc2cc3sc4ccccc4c3cc2-c2ccc3c4cc5oc6ccccc6c5cc4n4c3c2Bc2cc3c(cc2-4)sc2ccccc23)cc1. The van der Waals surface area contributed by atoms with Crippen molar-refractivity contribution in [1.29, 1.82) is 0 Å². The lowest BCUT2D eigenvalue weighted by Gasteiger charge is -2.24. The predicted molar refractivity (Wildman–Crippen MR) is 254 cm³/mol. The Morgan fingerprint density at radius 2 is 1.22 bits per heavy atom. The van der Waals surface area contributed by atoms with Crippen LogP contribution in [0.3, 0.4) is 0 Å². The predicted octanol–water partition coefficient (Wildman–Crippen LogP) is 13.8. The Hall–Kier alpha value is -6.34. The fourth-order valence-electron chi connectivity index (χ4n) is 9.72. The summed E-state index contributed by atoms with van der Waals surface area (Å²) in [7, 11) is 0.833. The number of furan rings is 1. The number of aromatic nitrogens is 1. The van der Waals surface area contributed by atoms with Crippen LogP contribution in [0.5, 0.6) is 0 Å². The molecule has 5 heterocycles. The molecule has 8 aromatic carbocycles. The fraction of sp³-hybridized carbons (Fsp3) is 0.0769. The standard InChI is InChI=1S/C52H35BN2OS2/c1-52(2,3)28-16-18-29(19-17-28)54-41-26-48-38(31-11-5-8-14-46(31)57-48)22-35(41)33-20-21-34-36-25-45-37(30-10-4-7-13-44(30)56-45)24-42(36)55-43-27-49-39(23-40(43)53-50(33)51(34)55)32-12-6-9-15-47(32)58-49/h4-27,53-54H,1-3H3. The lowest BCUT2D eigenvalue weighted by molar-refractivity contribution is 0.590. The van der Waals surface area contributed by atoms with E-state index in [0.29, 0.717) is 0 Å². The average Bonchev–Trinajstić information content (AvgIpc) is 3.98. The van der Waals surface area contributed by atoms with Gasteiger partial charge in [-0.05, 0) is 88.1 Å². The highest BCUT2D eigenvalue weighted by Gasteiger charge is 2.29. The number of fused-ring (bicyclic) bond motifs is 14. The van der Waals surface area contributed by atoms with Crippen LogP contribution in [0, 0.1) is 0 Å². The van der Waals surface area contributed by atoms with Crippen molar-refractivity contribution < 1.29 is 4.42 Å². The highest BCUT2D eigenvalue weighted by molar-refractivity contribution is 7.26. The van der Waals surface area contributed by atoms with Gasteiger partial charge in [0.25, 0.3) is 0 Å². The highest BCUT2D eigenvalue weighted by Crippen LogP contribution is 2.45. The molecule has 6 heteroatoms. The summed E-state index contributed by atoms with van der Waals surface area (Å²) >= 11 is 3.76. The van der Waals surface area contributed by atoms with E-state index >= 15 is 0 Å². The third kappa shape index (κ3) is 4.61. The van der Waals surface area contributed by atoms with Crippen LogP contribution < -0.4 is 16.2 Å². The van der Waals surface area contributed by atoms with Gasteiger partial charge in [-0.3, -0.25) is 0 Å². The first-order chi connectivity index (χ1) is 28.3. The Morgan fingerprint density at radius 3 is 1.98 bits per heavy atom. The summed E-state index contributed by atoms with van der Waals surface area (Å²) in [5.41, 5.74) is 14.4. The van der Waals surface area contributed by atoms with Gasteiger partial charge in [0.2, 0.25) is 0 Å². The minimum absolute atomic E-state index is 0.0863. The first kappa shape index (κ1) is 32.7. The fourth-order valence-corrected chi connectivity index (χ4v) is 12.0. The van der Waals surface area contributed by atoms with Crippen molar-refractivity contribution in [3.63, 3.8) is 0 Å². The normalized spacial score (nSPS) is 12.9. The zero-order valence-corrected chi connectivity index (χ0v) is 33.9. The Bertz CT molecular complexity index is 3720. The number of hydrogen-bond acceptors (Lipinski definition) is 4. The number of thiophene rings is 2. The van der Waals surface area contributed by atoms with Crippen LogP contribution in [-0.2, 0) is 5.41 Å². The van der Waals surface area contributed by atoms with Gasteiger partial charge >= 0.3 is 0 Å². The Kier molecular flexibility index (Phi) is 6.56. The summed E-state index contributed by atoms with van der Waals surface area (Å²) in [6.45, 7) is 6.81. The molecule has 0 spiro atoms. The van der Waals surface area contributed by atoms with E-state index in [1.54, 1.807) is 0 Å². The molecule has 0 fully saturated rings. The first-order valence-electron chi connectivity index (χ1n) is 20.0. The van der Waals surface area contributed by atoms with E-state index in [1.165, 1.54) is 95.5 Å². The number of nitrogens with zero attached hydrogens (tertiary/aromatic N) is 1. The minimum atomic E-state index is 0.0863. The van der Waals surface area contributed by atoms with Gasteiger partial charge in [0, 0.05) is 84.6 Å². The summed E-state index contributed by atoms with van der Waals surface area (Å²) < 4.78 is 14.3. The second-order valence-electron chi connectivity index (χ2n) is 17.0. The van der Waals surface area contributed by atoms with E-state index in [0.717, 1.165) is 40.6 Å². The number of benzene rings is 8. The maximum Gasteiger partial charge on any atom is 0.198 e. The molecule has 3 nitrogen and oxygen atoms in total. The van der Waals surface area contributed by atoms with Crippen LogP contribution in [-0.4, -0.2) is 11.8 Å². The summed E-state index contributed by atoms with van der Waals surface area (Å²) in [5, 5.41) is 14.0. The number of para-hydroxylation sites is 1. The van der Waals surface area contributed by atoms with Crippen molar-refractivity contribution in [2.75, 3.05) is 5.32 Å².